The zero-order chi connectivity index (χ0) is 17.3. The summed E-state index contributed by atoms with van der Waals surface area (Å²) < 4.78 is 16.5. The minimum absolute atomic E-state index is 0. The number of ether oxygens (including phenoxy) is 3. The summed E-state index contributed by atoms with van der Waals surface area (Å²) in [6, 6.07) is 0. The van der Waals surface area contributed by atoms with E-state index in [1.165, 1.54) is 19.3 Å². The molecule has 7 heteroatoms. The van der Waals surface area contributed by atoms with Gasteiger partial charge in [0, 0.05) is 66.5 Å². The zero-order valence-corrected chi connectivity index (χ0v) is 18.4. The summed E-state index contributed by atoms with van der Waals surface area (Å²) in [6.07, 6.45) is 6.79. The number of aliphatic imine (C=N–C) groups is 1. The van der Waals surface area contributed by atoms with Crippen LogP contribution in [0.1, 0.15) is 45.4 Å². The van der Waals surface area contributed by atoms with Gasteiger partial charge in [-0.1, -0.05) is 6.42 Å². The zero-order valence-electron chi connectivity index (χ0n) is 16.1. The molecular weight excluding hydrogens is 433 g/mol. The molecule has 25 heavy (non-hydrogen) atoms. The summed E-state index contributed by atoms with van der Waals surface area (Å²) in [5.41, 5.74) is 0.203. The van der Waals surface area contributed by atoms with Gasteiger partial charge in [0.15, 0.2) is 5.96 Å². The molecule has 2 fully saturated rings. The standard InChI is InChI=1S/C18H35N3O3.HI/c1-4-19-16(20-14-17(6-5-7-17)8-11-22-2)21-15-18(23-3)9-12-24-13-10-18;/h4-15H2,1-3H3,(H2,19,20,21);1H. The monoisotopic (exact) mass is 469 g/mol. The van der Waals surface area contributed by atoms with E-state index in [1.807, 2.05) is 0 Å². The summed E-state index contributed by atoms with van der Waals surface area (Å²) in [7, 11) is 3.57. The van der Waals surface area contributed by atoms with Crippen molar-refractivity contribution in [3.05, 3.63) is 0 Å². The fraction of sp³-hybridized carbons (Fsp3) is 0.944. The van der Waals surface area contributed by atoms with Crippen LogP contribution in [0, 0.1) is 5.41 Å². The number of nitrogens with zero attached hydrogens (tertiary/aromatic N) is 1. The first-order valence-electron chi connectivity index (χ1n) is 9.32. The summed E-state index contributed by atoms with van der Waals surface area (Å²) in [5, 5.41) is 6.85. The molecule has 1 saturated carbocycles. The molecule has 0 aromatic carbocycles. The molecule has 0 amide bonds. The van der Waals surface area contributed by atoms with Crippen LogP contribution in [0.4, 0.5) is 0 Å². The lowest BCUT2D eigenvalue weighted by atomic mass is 9.67. The third-order valence-electron chi connectivity index (χ3n) is 5.58. The lowest BCUT2D eigenvalue weighted by Crippen LogP contribution is -2.51. The van der Waals surface area contributed by atoms with Crippen molar-refractivity contribution in [1.29, 1.82) is 0 Å². The van der Waals surface area contributed by atoms with Crippen LogP contribution in [0.5, 0.6) is 0 Å². The minimum atomic E-state index is -0.140. The number of hydrogen-bond acceptors (Lipinski definition) is 4. The average Bonchev–Trinajstić information content (AvgIpc) is 2.59. The summed E-state index contributed by atoms with van der Waals surface area (Å²) in [4.78, 5) is 4.86. The van der Waals surface area contributed by atoms with Crippen LogP contribution >= 0.6 is 24.0 Å². The lowest BCUT2D eigenvalue weighted by molar-refractivity contribution is -0.0855. The summed E-state index contributed by atoms with van der Waals surface area (Å²) in [6.45, 7) is 6.96. The minimum Gasteiger partial charge on any atom is -0.385 e. The van der Waals surface area contributed by atoms with Gasteiger partial charge in [0.2, 0.25) is 0 Å². The van der Waals surface area contributed by atoms with E-state index in [4.69, 9.17) is 19.2 Å². The van der Waals surface area contributed by atoms with Gasteiger partial charge in [0.05, 0.1) is 5.60 Å². The Morgan fingerprint density at radius 2 is 1.84 bits per heavy atom. The van der Waals surface area contributed by atoms with Crippen LogP contribution in [0.3, 0.4) is 0 Å². The highest BCUT2D eigenvalue weighted by atomic mass is 127. The van der Waals surface area contributed by atoms with E-state index in [9.17, 15) is 0 Å². The Kier molecular flexibility index (Phi) is 10.6. The average molecular weight is 469 g/mol. The van der Waals surface area contributed by atoms with Crippen LogP contribution in [-0.2, 0) is 14.2 Å². The molecule has 0 aromatic heterocycles. The van der Waals surface area contributed by atoms with E-state index in [2.05, 4.69) is 17.6 Å². The lowest BCUT2D eigenvalue weighted by Gasteiger charge is -2.41. The number of nitrogens with one attached hydrogen (secondary N) is 2. The Labute approximate surface area is 169 Å². The molecule has 0 unspecified atom stereocenters. The Bertz CT molecular complexity index is 397. The van der Waals surface area contributed by atoms with E-state index in [1.54, 1.807) is 14.2 Å². The van der Waals surface area contributed by atoms with Gasteiger partial charge >= 0.3 is 0 Å². The predicted octanol–water partition coefficient (Wildman–Crippen LogP) is 2.56. The van der Waals surface area contributed by atoms with Crippen molar-refractivity contribution >= 4 is 29.9 Å². The number of rotatable bonds is 9. The molecule has 2 rings (SSSR count). The highest BCUT2D eigenvalue weighted by Gasteiger charge is 2.36. The van der Waals surface area contributed by atoms with Gasteiger partial charge < -0.3 is 24.8 Å². The van der Waals surface area contributed by atoms with Crippen molar-refractivity contribution < 1.29 is 14.2 Å². The van der Waals surface area contributed by atoms with Gasteiger partial charge in [-0.3, -0.25) is 4.99 Å². The molecule has 6 nitrogen and oxygen atoms in total. The molecule has 0 atom stereocenters. The van der Waals surface area contributed by atoms with E-state index in [0.717, 1.165) is 64.7 Å². The topological polar surface area (TPSA) is 64.1 Å². The van der Waals surface area contributed by atoms with Gasteiger partial charge in [0.1, 0.15) is 0 Å². The van der Waals surface area contributed by atoms with Crippen LogP contribution in [0.2, 0.25) is 0 Å². The van der Waals surface area contributed by atoms with Gasteiger partial charge in [-0.15, -0.1) is 24.0 Å². The van der Waals surface area contributed by atoms with Gasteiger partial charge in [0.25, 0.3) is 0 Å². The Morgan fingerprint density at radius 1 is 1.12 bits per heavy atom. The summed E-state index contributed by atoms with van der Waals surface area (Å²) >= 11 is 0. The van der Waals surface area contributed by atoms with E-state index in [0.29, 0.717) is 5.41 Å². The number of hydrogen-bond donors (Lipinski definition) is 2. The molecule has 2 aliphatic rings. The molecule has 0 bridgehead atoms. The van der Waals surface area contributed by atoms with E-state index >= 15 is 0 Å². The number of guanidine groups is 1. The largest absolute Gasteiger partial charge is 0.385 e. The molecular formula is C18H36IN3O3. The molecule has 1 aliphatic heterocycles. The SMILES string of the molecule is CCNC(=NCC1(CCOC)CCC1)NCC1(OC)CCOCC1.I. The number of halogens is 1. The predicted molar refractivity (Wildman–Crippen MR) is 112 cm³/mol. The smallest absolute Gasteiger partial charge is 0.191 e. The molecule has 148 valence electrons. The fourth-order valence-electron chi connectivity index (χ4n) is 3.51. The third-order valence-corrected chi connectivity index (χ3v) is 5.58. The first-order valence-corrected chi connectivity index (χ1v) is 9.32. The first-order chi connectivity index (χ1) is 11.7. The Hall–Kier alpha value is -0.120. The Morgan fingerprint density at radius 3 is 2.36 bits per heavy atom. The van der Waals surface area contributed by atoms with Crippen LogP contribution in [0.15, 0.2) is 4.99 Å². The molecule has 1 heterocycles. The van der Waals surface area contributed by atoms with Crippen LogP contribution < -0.4 is 10.6 Å². The molecule has 2 N–H and O–H groups in total. The van der Waals surface area contributed by atoms with Gasteiger partial charge in [-0.2, -0.15) is 0 Å². The second kappa shape index (κ2) is 11.6. The normalized spacial score (nSPS) is 21.8. The maximum Gasteiger partial charge on any atom is 0.191 e. The fourth-order valence-corrected chi connectivity index (χ4v) is 3.51. The van der Waals surface area contributed by atoms with Crippen LogP contribution in [-0.4, -0.2) is 65.2 Å². The molecule has 0 radical (unpaired) electrons. The van der Waals surface area contributed by atoms with E-state index < -0.39 is 0 Å². The van der Waals surface area contributed by atoms with Crippen molar-refractivity contribution in [3.8, 4) is 0 Å². The maximum absolute atomic E-state index is 5.80. The molecule has 0 aromatic rings. The summed E-state index contributed by atoms with van der Waals surface area (Å²) in [5.74, 6) is 0.893. The van der Waals surface area contributed by atoms with Gasteiger partial charge in [-0.25, -0.2) is 0 Å². The molecule has 1 aliphatic carbocycles. The highest BCUT2D eigenvalue weighted by molar-refractivity contribution is 14.0. The quantitative estimate of drug-likeness (QED) is 0.309. The van der Waals surface area contributed by atoms with Crippen molar-refractivity contribution in [3.63, 3.8) is 0 Å². The highest BCUT2D eigenvalue weighted by Crippen LogP contribution is 2.44. The first kappa shape index (κ1) is 22.9. The number of methoxy groups -OCH3 is 2. The van der Waals surface area contributed by atoms with Crippen molar-refractivity contribution in [2.75, 3.05) is 53.7 Å². The van der Waals surface area contributed by atoms with Crippen molar-refractivity contribution in [2.24, 2.45) is 10.4 Å². The van der Waals surface area contributed by atoms with Crippen LogP contribution in [0.25, 0.3) is 0 Å². The second-order valence-corrected chi connectivity index (χ2v) is 7.14. The third kappa shape index (κ3) is 6.84. The second-order valence-electron chi connectivity index (χ2n) is 7.14. The Balaban J connectivity index is 0.00000312. The van der Waals surface area contributed by atoms with E-state index in [-0.39, 0.29) is 29.6 Å². The van der Waals surface area contributed by atoms with Crippen molar-refractivity contribution in [1.82, 2.24) is 10.6 Å². The maximum atomic E-state index is 5.80. The molecule has 1 saturated heterocycles. The van der Waals surface area contributed by atoms with Crippen molar-refractivity contribution in [2.45, 2.75) is 51.0 Å². The van der Waals surface area contributed by atoms with Gasteiger partial charge in [-0.05, 0) is 31.6 Å². The molecule has 0 spiro atoms.